The number of aromatic nitrogens is 3. The van der Waals surface area contributed by atoms with Crippen LogP contribution in [0, 0.1) is 5.92 Å². The fraction of sp³-hybridized carbons (Fsp3) is 0.714. The molecule has 1 rings (SSSR count). The van der Waals surface area contributed by atoms with Gasteiger partial charge in [-0.05, 0) is 12.3 Å². The molecule has 0 aliphatic heterocycles. The molecular weight excluding hydrogens is 206 g/mol. The Bertz CT molecular complexity index is 221. The van der Waals surface area contributed by atoms with Crippen LogP contribution in [0.1, 0.15) is 12.6 Å². The van der Waals surface area contributed by atoms with Gasteiger partial charge in [-0.3, -0.25) is 4.68 Å². The van der Waals surface area contributed by atoms with Crippen molar-refractivity contribution in [2.45, 2.75) is 13.3 Å². The molecule has 0 N–H and O–H groups in total. The van der Waals surface area contributed by atoms with Gasteiger partial charge in [-0.2, -0.15) is 0 Å². The Morgan fingerprint density at radius 2 is 2.45 bits per heavy atom. The van der Waals surface area contributed by atoms with Crippen molar-refractivity contribution >= 4 is 15.9 Å². The molecule has 1 heterocycles. The van der Waals surface area contributed by atoms with Crippen LogP contribution in [0.25, 0.3) is 0 Å². The third-order valence-electron chi connectivity index (χ3n) is 1.47. The summed E-state index contributed by atoms with van der Waals surface area (Å²) in [5.41, 5.74) is 1.07. The van der Waals surface area contributed by atoms with Gasteiger partial charge in [0, 0.05) is 18.6 Å². The van der Waals surface area contributed by atoms with Crippen LogP contribution in [0.3, 0.4) is 0 Å². The average Bonchev–Trinajstić information content (AvgIpc) is 2.35. The first-order valence-electron chi connectivity index (χ1n) is 3.63. The normalized spacial score (nSPS) is 13.4. The molecule has 0 aliphatic carbocycles. The summed E-state index contributed by atoms with van der Waals surface area (Å²) in [5, 5.41) is 8.87. The number of hydrogen-bond donors (Lipinski definition) is 0. The van der Waals surface area contributed by atoms with E-state index < -0.39 is 0 Å². The van der Waals surface area contributed by atoms with Crippen LogP contribution < -0.4 is 0 Å². The van der Waals surface area contributed by atoms with Gasteiger partial charge >= 0.3 is 0 Å². The lowest BCUT2D eigenvalue weighted by Gasteiger charge is -2.01. The maximum atomic E-state index is 4.00. The number of rotatable bonds is 3. The number of nitrogens with zero attached hydrogens (tertiary/aromatic N) is 3. The molecule has 0 amide bonds. The molecule has 1 unspecified atom stereocenters. The van der Waals surface area contributed by atoms with Crippen molar-refractivity contribution in [3.05, 3.63) is 11.9 Å². The minimum Gasteiger partial charge on any atom is -0.255 e. The van der Waals surface area contributed by atoms with Crippen LogP contribution in [0.15, 0.2) is 6.20 Å². The molecular formula is C7H12BrN3. The van der Waals surface area contributed by atoms with Crippen molar-refractivity contribution in [1.29, 1.82) is 0 Å². The van der Waals surface area contributed by atoms with Gasteiger partial charge in [0.05, 0.1) is 5.69 Å². The van der Waals surface area contributed by atoms with E-state index in [2.05, 4.69) is 33.2 Å². The van der Waals surface area contributed by atoms with Gasteiger partial charge in [-0.1, -0.05) is 28.1 Å². The highest BCUT2D eigenvalue weighted by atomic mass is 79.9. The van der Waals surface area contributed by atoms with Crippen molar-refractivity contribution < 1.29 is 0 Å². The van der Waals surface area contributed by atoms with Crippen LogP contribution in [0.4, 0.5) is 0 Å². The topological polar surface area (TPSA) is 30.7 Å². The van der Waals surface area contributed by atoms with E-state index in [1.807, 2.05) is 13.2 Å². The van der Waals surface area contributed by atoms with E-state index in [1.165, 1.54) is 0 Å². The molecule has 0 fully saturated rings. The largest absolute Gasteiger partial charge is 0.255 e. The lowest BCUT2D eigenvalue weighted by Crippen LogP contribution is -2.00. The number of halogens is 1. The van der Waals surface area contributed by atoms with E-state index in [1.54, 1.807) is 4.68 Å². The highest BCUT2D eigenvalue weighted by Gasteiger charge is 2.04. The summed E-state index contributed by atoms with van der Waals surface area (Å²) in [6.07, 6.45) is 2.96. The Morgan fingerprint density at radius 1 is 1.73 bits per heavy atom. The Balaban J connectivity index is 2.50. The Hall–Kier alpha value is -0.380. The van der Waals surface area contributed by atoms with Gasteiger partial charge in [-0.15, -0.1) is 5.10 Å². The highest BCUT2D eigenvalue weighted by Crippen LogP contribution is 2.06. The summed E-state index contributed by atoms with van der Waals surface area (Å²) in [6.45, 7) is 2.18. The second kappa shape index (κ2) is 3.85. The number of alkyl halides is 1. The van der Waals surface area contributed by atoms with Crippen molar-refractivity contribution in [2.75, 3.05) is 5.33 Å². The summed E-state index contributed by atoms with van der Waals surface area (Å²) in [7, 11) is 1.88. The highest BCUT2D eigenvalue weighted by molar-refractivity contribution is 9.09. The van der Waals surface area contributed by atoms with Gasteiger partial charge < -0.3 is 0 Å². The zero-order chi connectivity index (χ0) is 8.27. The average molecular weight is 218 g/mol. The molecule has 0 radical (unpaired) electrons. The van der Waals surface area contributed by atoms with Crippen molar-refractivity contribution in [2.24, 2.45) is 13.0 Å². The van der Waals surface area contributed by atoms with Crippen molar-refractivity contribution in [1.82, 2.24) is 15.0 Å². The first-order valence-corrected chi connectivity index (χ1v) is 4.75. The van der Waals surface area contributed by atoms with Crippen LogP contribution >= 0.6 is 15.9 Å². The predicted octanol–water partition coefficient (Wildman–Crippen LogP) is 1.39. The van der Waals surface area contributed by atoms with Gasteiger partial charge in [0.25, 0.3) is 0 Å². The van der Waals surface area contributed by atoms with Crippen LogP contribution in [0.5, 0.6) is 0 Å². The van der Waals surface area contributed by atoms with Crippen LogP contribution in [-0.4, -0.2) is 20.3 Å². The molecule has 4 heteroatoms. The van der Waals surface area contributed by atoms with E-state index in [0.29, 0.717) is 5.92 Å². The molecule has 0 spiro atoms. The maximum absolute atomic E-state index is 4.00. The first kappa shape index (κ1) is 8.71. The number of aryl methyl sites for hydroxylation is 1. The van der Waals surface area contributed by atoms with Gasteiger partial charge in [0.15, 0.2) is 0 Å². The molecule has 1 aromatic heterocycles. The zero-order valence-electron chi connectivity index (χ0n) is 6.79. The third-order valence-corrected chi connectivity index (χ3v) is 2.58. The summed E-state index contributed by atoms with van der Waals surface area (Å²) < 4.78 is 1.73. The lowest BCUT2D eigenvalue weighted by molar-refractivity contribution is 0.647. The van der Waals surface area contributed by atoms with Gasteiger partial charge in [0.1, 0.15) is 0 Å². The minimum atomic E-state index is 0.631. The Kier molecular flexibility index (Phi) is 3.05. The van der Waals surface area contributed by atoms with E-state index in [9.17, 15) is 0 Å². The molecule has 3 nitrogen and oxygen atoms in total. The lowest BCUT2D eigenvalue weighted by atomic mass is 10.1. The standard InChI is InChI=1S/C7H12BrN3/c1-6(4-8)3-7-5-11(2)10-9-7/h5-6H,3-4H2,1-2H3. The van der Waals surface area contributed by atoms with E-state index in [-0.39, 0.29) is 0 Å². The first-order chi connectivity index (χ1) is 5.22. The second-order valence-corrected chi connectivity index (χ2v) is 3.49. The minimum absolute atomic E-state index is 0.631. The molecule has 0 saturated heterocycles. The van der Waals surface area contributed by atoms with Crippen molar-refractivity contribution in [3.8, 4) is 0 Å². The quantitative estimate of drug-likeness (QED) is 0.717. The van der Waals surface area contributed by atoms with E-state index in [4.69, 9.17) is 0 Å². The summed E-state index contributed by atoms with van der Waals surface area (Å²) >= 11 is 3.42. The molecule has 0 aliphatic rings. The Morgan fingerprint density at radius 3 is 2.91 bits per heavy atom. The molecule has 0 aromatic carbocycles. The van der Waals surface area contributed by atoms with E-state index >= 15 is 0 Å². The van der Waals surface area contributed by atoms with Crippen LogP contribution in [0.2, 0.25) is 0 Å². The third kappa shape index (κ3) is 2.61. The van der Waals surface area contributed by atoms with Crippen LogP contribution in [-0.2, 0) is 13.5 Å². The SMILES string of the molecule is CC(CBr)Cc1cn(C)nn1. The maximum Gasteiger partial charge on any atom is 0.0829 e. The fourth-order valence-corrected chi connectivity index (χ4v) is 1.13. The molecule has 0 bridgehead atoms. The molecule has 1 atom stereocenters. The number of hydrogen-bond acceptors (Lipinski definition) is 2. The zero-order valence-corrected chi connectivity index (χ0v) is 8.37. The monoisotopic (exact) mass is 217 g/mol. The smallest absolute Gasteiger partial charge is 0.0829 e. The van der Waals surface area contributed by atoms with Crippen molar-refractivity contribution in [3.63, 3.8) is 0 Å². The van der Waals surface area contributed by atoms with Gasteiger partial charge in [-0.25, -0.2) is 0 Å². The summed E-state index contributed by atoms with van der Waals surface area (Å²) in [5.74, 6) is 0.631. The second-order valence-electron chi connectivity index (χ2n) is 2.85. The Labute approximate surface area is 74.9 Å². The molecule has 0 saturated carbocycles. The van der Waals surface area contributed by atoms with Gasteiger partial charge in [0.2, 0.25) is 0 Å². The van der Waals surface area contributed by atoms with E-state index in [0.717, 1.165) is 17.4 Å². The molecule has 1 aromatic rings. The molecule has 62 valence electrons. The predicted molar refractivity (Wildman–Crippen MR) is 47.7 cm³/mol. The molecule has 11 heavy (non-hydrogen) atoms. The summed E-state index contributed by atoms with van der Waals surface area (Å²) in [4.78, 5) is 0. The fourth-order valence-electron chi connectivity index (χ4n) is 0.900. The summed E-state index contributed by atoms with van der Waals surface area (Å²) in [6, 6.07) is 0.